The van der Waals surface area contributed by atoms with Crippen LogP contribution in [0, 0.1) is 0 Å². The van der Waals surface area contributed by atoms with E-state index in [1.165, 1.54) is 29.3 Å². The predicted octanol–water partition coefficient (Wildman–Crippen LogP) is 4.33. The van der Waals surface area contributed by atoms with Crippen molar-refractivity contribution >= 4 is 22.6 Å². The lowest BCUT2D eigenvalue weighted by Gasteiger charge is -2.09. The number of hydrogen-bond acceptors (Lipinski definition) is 9. The van der Waals surface area contributed by atoms with E-state index in [2.05, 4.69) is 22.6 Å². The number of rotatable bonds is 32. The summed E-state index contributed by atoms with van der Waals surface area (Å²) in [7, 11) is 0. The Balaban J connectivity index is 1.62. The highest BCUT2D eigenvalue weighted by Gasteiger charge is 1.96. The van der Waals surface area contributed by atoms with Crippen molar-refractivity contribution in [1.29, 1.82) is 0 Å². The molecule has 0 atom stereocenters. The smallest absolute Gasteiger partial charge is 0.0718 e. The van der Waals surface area contributed by atoms with Gasteiger partial charge in [0, 0.05) is 6.61 Å². The number of unbranched alkanes of at least 4 members (excludes halogenated alkanes) is 3. The van der Waals surface area contributed by atoms with Gasteiger partial charge in [0.2, 0.25) is 0 Å². The van der Waals surface area contributed by atoms with E-state index in [0.29, 0.717) is 112 Å². The molecule has 1 aromatic carbocycles. The average molecular weight is 671 g/mol. The zero-order valence-corrected chi connectivity index (χ0v) is 25.9. The van der Waals surface area contributed by atoms with Crippen molar-refractivity contribution in [2.75, 3.05) is 117 Å². The zero-order valence-electron chi connectivity index (χ0n) is 23.7. The van der Waals surface area contributed by atoms with Gasteiger partial charge in [-0.15, -0.1) is 0 Å². The molecule has 0 saturated heterocycles. The van der Waals surface area contributed by atoms with Crippen molar-refractivity contribution < 1.29 is 42.6 Å². The molecule has 0 aromatic heterocycles. The summed E-state index contributed by atoms with van der Waals surface area (Å²) in [4.78, 5) is 0. The number of benzene rings is 1. The molecule has 9 nitrogen and oxygen atoms in total. The molecule has 0 fully saturated rings. The fourth-order valence-electron chi connectivity index (χ4n) is 3.18. The Morgan fingerprint density at radius 1 is 0.359 bits per heavy atom. The van der Waals surface area contributed by atoms with Gasteiger partial charge >= 0.3 is 0 Å². The fourth-order valence-corrected chi connectivity index (χ4v) is 3.72. The van der Waals surface area contributed by atoms with E-state index in [1.54, 1.807) is 0 Å². The second kappa shape index (κ2) is 32.1. The molecule has 0 aliphatic heterocycles. The van der Waals surface area contributed by atoms with Crippen LogP contribution in [0.5, 0.6) is 0 Å². The van der Waals surface area contributed by atoms with Gasteiger partial charge in [0.05, 0.1) is 112 Å². The third kappa shape index (κ3) is 28.9. The van der Waals surface area contributed by atoms with Crippen LogP contribution in [0.3, 0.4) is 0 Å². The average Bonchev–Trinajstić information content (AvgIpc) is 2.96. The zero-order chi connectivity index (χ0) is 27.7. The molecule has 1 aromatic rings. The molecule has 0 bridgehead atoms. The van der Waals surface area contributed by atoms with Gasteiger partial charge in [-0.3, -0.25) is 0 Å². The molecule has 0 unspecified atom stereocenters. The second-order valence-corrected chi connectivity index (χ2v) is 9.62. The summed E-state index contributed by atoms with van der Waals surface area (Å²) in [6, 6.07) is 10.1. The molecule has 0 N–H and O–H groups in total. The Bertz CT molecular complexity index is 583. The summed E-state index contributed by atoms with van der Waals surface area (Å²) in [6.07, 6.45) is 5.00. The van der Waals surface area contributed by atoms with Gasteiger partial charge in [0.1, 0.15) is 0 Å². The summed E-state index contributed by atoms with van der Waals surface area (Å²) >= 11 is 2.42. The first-order valence-corrected chi connectivity index (χ1v) is 15.8. The lowest BCUT2D eigenvalue weighted by Crippen LogP contribution is -2.15. The Kier molecular flexibility index (Phi) is 30.1. The Labute approximate surface area is 249 Å². The molecule has 0 spiro atoms. The maximum atomic E-state index is 5.56. The highest BCUT2D eigenvalue weighted by Crippen LogP contribution is 2.02. The molecule has 228 valence electrons. The molecule has 0 amide bonds. The Morgan fingerprint density at radius 2 is 0.692 bits per heavy atom. The van der Waals surface area contributed by atoms with Gasteiger partial charge in [-0.1, -0.05) is 65.8 Å². The maximum absolute atomic E-state index is 5.56. The summed E-state index contributed by atoms with van der Waals surface area (Å²) < 4.78 is 50.7. The van der Waals surface area contributed by atoms with Crippen molar-refractivity contribution in [3.63, 3.8) is 0 Å². The van der Waals surface area contributed by atoms with Gasteiger partial charge in [0.15, 0.2) is 0 Å². The van der Waals surface area contributed by atoms with Crippen LogP contribution in [0.15, 0.2) is 30.3 Å². The van der Waals surface area contributed by atoms with E-state index in [0.717, 1.165) is 13.0 Å². The molecule has 10 heteroatoms. The third-order valence-corrected chi connectivity index (χ3v) is 6.02. The molecule has 1 rings (SSSR count). The van der Waals surface area contributed by atoms with Gasteiger partial charge < -0.3 is 42.6 Å². The normalized spacial score (nSPS) is 11.4. The molecule has 0 aliphatic carbocycles. The summed E-state index contributed by atoms with van der Waals surface area (Å²) in [5.41, 5.74) is 1.17. The lowest BCUT2D eigenvalue weighted by atomic mass is 10.2. The van der Waals surface area contributed by atoms with E-state index in [-0.39, 0.29) is 0 Å². The SMILES string of the molecule is ICCCCCCOCCOCCOCCOCCOCCOCCOCCOCCOCc1ccccc1. The van der Waals surface area contributed by atoms with Crippen molar-refractivity contribution in [1.82, 2.24) is 0 Å². The van der Waals surface area contributed by atoms with E-state index in [1.807, 2.05) is 30.3 Å². The highest BCUT2D eigenvalue weighted by atomic mass is 127. The number of halogens is 1. The first-order valence-electron chi connectivity index (χ1n) is 14.2. The molecular formula is C29H51IO9. The summed E-state index contributed by atoms with van der Waals surface area (Å²) in [5, 5.41) is 0. The van der Waals surface area contributed by atoms with E-state index in [4.69, 9.17) is 42.6 Å². The van der Waals surface area contributed by atoms with Crippen LogP contribution < -0.4 is 0 Å². The van der Waals surface area contributed by atoms with Crippen LogP contribution in [0.25, 0.3) is 0 Å². The predicted molar refractivity (Wildman–Crippen MR) is 160 cm³/mol. The van der Waals surface area contributed by atoms with Crippen molar-refractivity contribution in [3.05, 3.63) is 35.9 Å². The Hall–Kier alpha value is -0.410. The summed E-state index contributed by atoms with van der Waals surface area (Å²) in [5.74, 6) is 0. The highest BCUT2D eigenvalue weighted by molar-refractivity contribution is 14.1. The minimum Gasteiger partial charge on any atom is -0.379 e. The standard InChI is InChI=1S/C29H51IO9/c30-10-6-1-2-7-11-31-12-13-32-14-15-33-16-17-34-18-19-35-20-21-36-22-23-37-24-25-38-26-27-39-28-29-8-4-3-5-9-29/h3-5,8-9H,1-2,6-7,10-28H2. The minimum absolute atomic E-state index is 0.533. The molecule has 0 saturated carbocycles. The minimum atomic E-state index is 0.533. The first kappa shape index (κ1) is 36.6. The van der Waals surface area contributed by atoms with Crippen molar-refractivity contribution in [2.45, 2.75) is 32.3 Å². The topological polar surface area (TPSA) is 83.1 Å². The molecule has 0 heterocycles. The molecule has 0 aliphatic rings. The van der Waals surface area contributed by atoms with Crippen LogP contribution in [-0.2, 0) is 49.2 Å². The maximum Gasteiger partial charge on any atom is 0.0718 e. The van der Waals surface area contributed by atoms with Gasteiger partial charge in [-0.05, 0) is 22.8 Å². The van der Waals surface area contributed by atoms with Crippen LogP contribution in [0.4, 0.5) is 0 Å². The lowest BCUT2D eigenvalue weighted by molar-refractivity contribution is -0.0254. The molecular weight excluding hydrogens is 619 g/mol. The summed E-state index contributed by atoms with van der Waals surface area (Å²) in [6.45, 7) is 10.4. The monoisotopic (exact) mass is 670 g/mol. The van der Waals surface area contributed by atoms with Gasteiger partial charge in [-0.25, -0.2) is 0 Å². The number of ether oxygens (including phenoxy) is 9. The van der Waals surface area contributed by atoms with Gasteiger partial charge in [-0.2, -0.15) is 0 Å². The van der Waals surface area contributed by atoms with E-state index < -0.39 is 0 Å². The third-order valence-electron chi connectivity index (χ3n) is 5.26. The first-order chi connectivity index (χ1) is 19.4. The van der Waals surface area contributed by atoms with Crippen LogP contribution in [0.1, 0.15) is 31.2 Å². The Morgan fingerprint density at radius 3 is 1.08 bits per heavy atom. The van der Waals surface area contributed by atoms with Crippen LogP contribution in [0.2, 0.25) is 0 Å². The second-order valence-electron chi connectivity index (χ2n) is 8.54. The van der Waals surface area contributed by atoms with Gasteiger partial charge in [0.25, 0.3) is 0 Å². The number of alkyl halides is 1. The van der Waals surface area contributed by atoms with E-state index in [9.17, 15) is 0 Å². The van der Waals surface area contributed by atoms with Crippen molar-refractivity contribution in [3.8, 4) is 0 Å². The molecule has 39 heavy (non-hydrogen) atoms. The van der Waals surface area contributed by atoms with E-state index >= 15 is 0 Å². The fraction of sp³-hybridized carbons (Fsp3) is 0.793. The van der Waals surface area contributed by atoms with Crippen LogP contribution in [-0.4, -0.2) is 117 Å². The largest absolute Gasteiger partial charge is 0.379 e. The number of hydrogen-bond donors (Lipinski definition) is 0. The van der Waals surface area contributed by atoms with Crippen molar-refractivity contribution in [2.24, 2.45) is 0 Å². The molecule has 0 radical (unpaired) electrons. The van der Waals surface area contributed by atoms with Crippen LogP contribution >= 0.6 is 22.6 Å². The quantitative estimate of drug-likeness (QED) is 0.0633.